The van der Waals surface area contributed by atoms with E-state index in [4.69, 9.17) is 5.73 Å². The molecule has 0 aromatic heterocycles. The standard InChI is InChI=1S/C18H26N4O3.ClH/c1-12-4-3-7-22(11-12)18(25)14-5-6-15(13(2)8-14)21-17(24)10-20-16(23)9-19;/h5-6,8,12H,3-4,7,9-11,19H2,1-2H3,(H,20,23)(H,21,24);1H. The summed E-state index contributed by atoms with van der Waals surface area (Å²) in [6.45, 7) is 5.29. The third-order valence-corrected chi connectivity index (χ3v) is 4.32. The molecule has 0 aliphatic carbocycles. The monoisotopic (exact) mass is 382 g/mol. The van der Waals surface area contributed by atoms with E-state index in [-0.39, 0.29) is 43.2 Å². The van der Waals surface area contributed by atoms with Crippen molar-refractivity contribution >= 4 is 35.8 Å². The number of carbonyl (C=O) groups is 3. The maximum absolute atomic E-state index is 12.6. The number of hydrogen-bond donors (Lipinski definition) is 3. The molecule has 1 fully saturated rings. The minimum Gasteiger partial charge on any atom is -0.346 e. The fraction of sp³-hybridized carbons (Fsp3) is 0.500. The van der Waals surface area contributed by atoms with Crippen molar-refractivity contribution in [1.29, 1.82) is 0 Å². The fourth-order valence-electron chi connectivity index (χ4n) is 2.94. The van der Waals surface area contributed by atoms with Crippen molar-refractivity contribution in [1.82, 2.24) is 10.2 Å². The number of piperidine rings is 1. The van der Waals surface area contributed by atoms with Crippen molar-refractivity contribution in [3.05, 3.63) is 29.3 Å². The van der Waals surface area contributed by atoms with Gasteiger partial charge in [0.05, 0.1) is 13.1 Å². The van der Waals surface area contributed by atoms with Crippen LogP contribution in [0.25, 0.3) is 0 Å². The second-order valence-corrected chi connectivity index (χ2v) is 6.56. The zero-order valence-corrected chi connectivity index (χ0v) is 16.0. The summed E-state index contributed by atoms with van der Waals surface area (Å²) >= 11 is 0. The largest absolute Gasteiger partial charge is 0.346 e. The van der Waals surface area contributed by atoms with E-state index in [9.17, 15) is 14.4 Å². The zero-order valence-electron chi connectivity index (χ0n) is 15.2. The molecule has 144 valence electrons. The molecule has 2 rings (SSSR count). The van der Waals surface area contributed by atoms with Gasteiger partial charge in [-0.2, -0.15) is 0 Å². The number of nitrogens with two attached hydrogens (primary N) is 1. The molecular formula is C18H27ClN4O3. The van der Waals surface area contributed by atoms with E-state index in [1.807, 2.05) is 11.8 Å². The molecule has 1 aliphatic heterocycles. The number of benzene rings is 1. The number of halogens is 1. The third kappa shape index (κ3) is 6.00. The zero-order chi connectivity index (χ0) is 18.4. The van der Waals surface area contributed by atoms with E-state index in [1.54, 1.807) is 18.2 Å². The van der Waals surface area contributed by atoms with Crippen molar-refractivity contribution in [3.63, 3.8) is 0 Å². The van der Waals surface area contributed by atoms with E-state index in [0.29, 0.717) is 17.2 Å². The van der Waals surface area contributed by atoms with Crippen LogP contribution in [0.5, 0.6) is 0 Å². The van der Waals surface area contributed by atoms with E-state index in [2.05, 4.69) is 17.6 Å². The molecule has 1 aliphatic rings. The number of anilines is 1. The first-order valence-electron chi connectivity index (χ1n) is 8.57. The van der Waals surface area contributed by atoms with Gasteiger partial charge in [-0.25, -0.2) is 0 Å². The minimum absolute atomic E-state index is 0. The molecule has 1 aromatic carbocycles. The first-order chi connectivity index (χ1) is 11.9. The molecule has 8 heteroatoms. The summed E-state index contributed by atoms with van der Waals surface area (Å²) in [5, 5.41) is 5.13. The number of amides is 3. The smallest absolute Gasteiger partial charge is 0.253 e. The Morgan fingerprint density at radius 2 is 2.00 bits per heavy atom. The molecule has 7 nitrogen and oxygen atoms in total. The quantitative estimate of drug-likeness (QED) is 0.713. The summed E-state index contributed by atoms with van der Waals surface area (Å²) in [4.78, 5) is 37.4. The predicted molar refractivity (Wildman–Crippen MR) is 103 cm³/mol. The maximum atomic E-state index is 12.6. The number of carbonyl (C=O) groups excluding carboxylic acids is 3. The Balaban J connectivity index is 0.00000338. The summed E-state index contributed by atoms with van der Waals surface area (Å²) < 4.78 is 0. The van der Waals surface area contributed by atoms with Gasteiger partial charge in [0.15, 0.2) is 0 Å². The van der Waals surface area contributed by atoms with Crippen LogP contribution >= 0.6 is 12.4 Å². The van der Waals surface area contributed by atoms with E-state index in [0.717, 1.165) is 31.5 Å². The average molecular weight is 383 g/mol. The van der Waals surface area contributed by atoms with Gasteiger partial charge in [-0.15, -0.1) is 12.4 Å². The third-order valence-electron chi connectivity index (χ3n) is 4.32. The van der Waals surface area contributed by atoms with E-state index in [1.165, 1.54) is 0 Å². The molecule has 1 atom stereocenters. The Kier molecular flexibility index (Phi) is 8.54. The number of hydrogen-bond acceptors (Lipinski definition) is 4. The predicted octanol–water partition coefficient (Wildman–Crippen LogP) is 1.30. The second-order valence-electron chi connectivity index (χ2n) is 6.56. The molecule has 1 saturated heterocycles. The molecule has 0 radical (unpaired) electrons. The second kappa shape index (κ2) is 10.1. The first kappa shape index (κ1) is 21.9. The van der Waals surface area contributed by atoms with Gasteiger partial charge in [-0.3, -0.25) is 14.4 Å². The van der Waals surface area contributed by atoms with Gasteiger partial charge < -0.3 is 21.3 Å². The minimum atomic E-state index is -0.386. The molecule has 0 bridgehead atoms. The van der Waals surface area contributed by atoms with Crippen LogP contribution in [-0.2, 0) is 9.59 Å². The van der Waals surface area contributed by atoms with Gasteiger partial charge in [0.25, 0.3) is 5.91 Å². The van der Waals surface area contributed by atoms with Gasteiger partial charge in [0.2, 0.25) is 11.8 Å². The Morgan fingerprint density at radius 1 is 1.27 bits per heavy atom. The molecule has 1 aromatic rings. The number of likely N-dealkylation sites (tertiary alicyclic amines) is 1. The van der Waals surface area contributed by atoms with Gasteiger partial charge in [-0.05, 0) is 49.4 Å². The highest BCUT2D eigenvalue weighted by Crippen LogP contribution is 2.21. The normalized spacial score (nSPS) is 16.4. The van der Waals surface area contributed by atoms with Crippen LogP contribution < -0.4 is 16.4 Å². The first-order valence-corrected chi connectivity index (χ1v) is 8.57. The van der Waals surface area contributed by atoms with Gasteiger partial charge in [-0.1, -0.05) is 6.92 Å². The molecule has 0 spiro atoms. The highest BCUT2D eigenvalue weighted by molar-refractivity contribution is 5.98. The summed E-state index contributed by atoms with van der Waals surface area (Å²) in [5.74, 6) is -0.166. The number of nitrogens with one attached hydrogen (secondary N) is 2. The lowest BCUT2D eigenvalue weighted by Gasteiger charge is -2.31. The highest BCUT2D eigenvalue weighted by Gasteiger charge is 2.22. The average Bonchev–Trinajstić information content (AvgIpc) is 2.60. The van der Waals surface area contributed by atoms with E-state index >= 15 is 0 Å². The van der Waals surface area contributed by atoms with Crippen LogP contribution in [0.2, 0.25) is 0 Å². The van der Waals surface area contributed by atoms with Crippen molar-refractivity contribution in [2.45, 2.75) is 26.7 Å². The van der Waals surface area contributed by atoms with Crippen LogP contribution in [-0.4, -0.2) is 48.8 Å². The van der Waals surface area contributed by atoms with Crippen molar-refractivity contribution in [2.75, 3.05) is 31.5 Å². The van der Waals surface area contributed by atoms with Gasteiger partial charge in [0, 0.05) is 24.3 Å². The molecule has 1 heterocycles. The Hall–Kier alpha value is -2.12. The van der Waals surface area contributed by atoms with Crippen LogP contribution in [0.3, 0.4) is 0 Å². The van der Waals surface area contributed by atoms with Crippen molar-refractivity contribution < 1.29 is 14.4 Å². The molecule has 0 saturated carbocycles. The number of nitrogens with zero attached hydrogens (tertiary/aromatic N) is 1. The molecule has 26 heavy (non-hydrogen) atoms. The van der Waals surface area contributed by atoms with Gasteiger partial charge in [0.1, 0.15) is 0 Å². The molecule has 1 unspecified atom stereocenters. The van der Waals surface area contributed by atoms with E-state index < -0.39 is 0 Å². The summed E-state index contributed by atoms with van der Waals surface area (Å²) in [6, 6.07) is 5.23. The van der Waals surface area contributed by atoms with Crippen LogP contribution in [0.4, 0.5) is 5.69 Å². The molecular weight excluding hydrogens is 356 g/mol. The van der Waals surface area contributed by atoms with Crippen LogP contribution in [0.15, 0.2) is 18.2 Å². The lowest BCUT2D eigenvalue weighted by Crippen LogP contribution is -2.39. The summed E-state index contributed by atoms with van der Waals surface area (Å²) in [5.41, 5.74) is 7.22. The van der Waals surface area contributed by atoms with Gasteiger partial charge >= 0.3 is 0 Å². The van der Waals surface area contributed by atoms with Crippen LogP contribution in [0.1, 0.15) is 35.7 Å². The Morgan fingerprint density at radius 3 is 2.62 bits per heavy atom. The Bertz CT molecular complexity index is 666. The SMILES string of the molecule is Cc1cc(C(=O)N2CCCC(C)C2)ccc1NC(=O)CNC(=O)CN.Cl. The lowest BCUT2D eigenvalue weighted by atomic mass is 9.99. The fourth-order valence-corrected chi connectivity index (χ4v) is 2.94. The van der Waals surface area contributed by atoms with Crippen molar-refractivity contribution in [3.8, 4) is 0 Å². The topological polar surface area (TPSA) is 105 Å². The summed E-state index contributed by atoms with van der Waals surface area (Å²) in [6.07, 6.45) is 2.20. The van der Waals surface area contributed by atoms with Crippen LogP contribution in [0, 0.1) is 12.8 Å². The summed E-state index contributed by atoms with van der Waals surface area (Å²) in [7, 11) is 0. The lowest BCUT2D eigenvalue weighted by molar-refractivity contribution is -0.123. The number of aryl methyl sites for hydroxylation is 1. The number of rotatable bonds is 5. The Labute approximate surface area is 160 Å². The van der Waals surface area contributed by atoms with Crippen molar-refractivity contribution in [2.24, 2.45) is 11.7 Å². The molecule has 4 N–H and O–H groups in total. The maximum Gasteiger partial charge on any atom is 0.253 e. The molecule has 3 amide bonds. The highest BCUT2D eigenvalue weighted by atomic mass is 35.5.